The van der Waals surface area contributed by atoms with Crippen molar-refractivity contribution in [1.29, 1.82) is 0 Å². The standard InChI is InChI=1S/C21H19NO2/c1-16-12-13-19(24-16)14-15-20(23)22-21(17-8-4-2-5-9-17)18-10-6-3-7-11-18/h2-15,21H,1H3,(H,22,23)/b15-14+. The number of amides is 1. The van der Waals surface area contributed by atoms with Gasteiger partial charge in [0.25, 0.3) is 0 Å². The molecule has 0 saturated carbocycles. The zero-order chi connectivity index (χ0) is 16.8. The van der Waals surface area contributed by atoms with Crippen LogP contribution < -0.4 is 5.32 Å². The molecule has 1 N–H and O–H groups in total. The largest absolute Gasteiger partial charge is 0.462 e. The number of hydrogen-bond acceptors (Lipinski definition) is 2. The van der Waals surface area contributed by atoms with Crippen molar-refractivity contribution in [1.82, 2.24) is 5.32 Å². The average Bonchev–Trinajstić information content (AvgIpc) is 3.05. The first kappa shape index (κ1) is 15.8. The maximum Gasteiger partial charge on any atom is 0.244 e. The summed E-state index contributed by atoms with van der Waals surface area (Å²) in [6.07, 6.45) is 3.17. The van der Waals surface area contributed by atoms with Crippen LogP contribution in [0.5, 0.6) is 0 Å². The van der Waals surface area contributed by atoms with Crippen LogP contribution >= 0.6 is 0 Å². The van der Waals surface area contributed by atoms with Crippen LogP contribution in [0.3, 0.4) is 0 Å². The van der Waals surface area contributed by atoms with Gasteiger partial charge < -0.3 is 9.73 Å². The van der Waals surface area contributed by atoms with Gasteiger partial charge in [0.15, 0.2) is 0 Å². The van der Waals surface area contributed by atoms with Crippen LogP contribution in [-0.4, -0.2) is 5.91 Å². The van der Waals surface area contributed by atoms with Crippen LogP contribution in [0.1, 0.15) is 28.7 Å². The molecule has 1 aromatic heterocycles. The molecule has 120 valence electrons. The van der Waals surface area contributed by atoms with E-state index in [4.69, 9.17) is 4.42 Å². The van der Waals surface area contributed by atoms with E-state index >= 15 is 0 Å². The highest BCUT2D eigenvalue weighted by atomic mass is 16.3. The van der Waals surface area contributed by atoms with Crippen LogP contribution in [0, 0.1) is 6.92 Å². The van der Waals surface area contributed by atoms with E-state index in [1.165, 1.54) is 6.08 Å². The Morgan fingerprint density at radius 3 is 2.00 bits per heavy atom. The van der Waals surface area contributed by atoms with Crippen molar-refractivity contribution in [2.24, 2.45) is 0 Å². The summed E-state index contributed by atoms with van der Waals surface area (Å²) < 4.78 is 5.44. The highest BCUT2D eigenvalue weighted by molar-refractivity contribution is 5.91. The van der Waals surface area contributed by atoms with E-state index in [0.717, 1.165) is 16.9 Å². The second kappa shape index (κ2) is 7.47. The molecule has 0 spiro atoms. The summed E-state index contributed by atoms with van der Waals surface area (Å²) in [6, 6.07) is 23.4. The van der Waals surface area contributed by atoms with Crippen molar-refractivity contribution < 1.29 is 9.21 Å². The molecule has 2 aromatic carbocycles. The monoisotopic (exact) mass is 317 g/mol. The predicted octanol–water partition coefficient (Wildman–Crippen LogP) is 4.51. The smallest absolute Gasteiger partial charge is 0.244 e. The Balaban J connectivity index is 1.79. The number of rotatable bonds is 5. The van der Waals surface area contributed by atoms with Crippen molar-refractivity contribution >= 4 is 12.0 Å². The van der Waals surface area contributed by atoms with Gasteiger partial charge in [0.2, 0.25) is 5.91 Å². The average molecular weight is 317 g/mol. The zero-order valence-corrected chi connectivity index (χ0v) is 13.5. The Labute approximate surface area is 141 Å². The normalized spacial score (nSPS) is 11.1. The SMILES string of the molecule is Cc1ccc(/C=C/C(=O)NC(c2ccccc2)c2ccccc2)o1. The van der Waals surface area contributed by atoms with Gasteiger partial charge in [-0.15, -0.1) is 0 Å². The van der Waals surface area contributed by atoms with Gasteiger partial charge in [-0.3, -0.25) is 4.79 Å². The van der Waals surface area contributed by atoms with Gasteiger partial charge in [-0.1, -0.05) is 60.7 Å². The van der Waals surface area contributed by atoms with Gasteiger partial charge in [0.05, 0.1) is 6.04 Å². The van der Waals surface area contributed by atoms with Crippen molar-refractivity contribution in [2.45, 2.75) is 13.0 Å². The Kier molecular flexibility index (Phi) is 4.92. The fraction of sp³-hybridized carbons (Fsp3) is 0.0952. The molecule has 24 heavy (non-hydrogen) atoms. The molecular weight excluding hydrogens is 298 g/mol. The van der Waals surface area contributed by atoms with Gasteiger partial charge in [0.1, 0.15) is 11.5 Å². The van der Waals surface area contributed by atoms with Crippen LogP contribution in [-0.2, 0) is 4.79 Å². The van der Waals surface area contributed by atoms with E-state index in [9.17, 15) is 4.79 Å². The number of carbonyl (C=O) groups is 1. The second-order valence-electron chi connectivity index (χ2n) is 5.54. The first-order valence-corrected chi connectivity index (χ1v) is 7.87. The molecule has 3 nitrogen and oxygen atoms in total. The highest BCUT2D eigenvalue weighted by Crippen LogP contribution is 2.21. The number of hydrogen-bond donors (Lipinski definition) is 1. The van der Waals surface area contributed by atoms with Crippen LogP contribution in [0.25, 0.3) is 6.08 Å². The van der Waals surface area contributed by atoms with Gasteiger partial charge >= 0.3 is 0 Å². The molecule has 0 aliphatic rings. The molecule has 0 saturated heterocycles. The first-order valence-electron chi connectivity index (χ1n) is 7.87. The topological polar surface area (TPSA) is 42.2 Å². The van der Waals surface area contributed by atoms with Gasteiger partial charge in [0, 0.05) is 6.08 Å². The van der Waals surface area contributed by atoms with E-state index in [-0.39, 0.29) is 11.9 Å². The third kappa shape index (κ3) is 4.02. The zero-order valence-electron chi connectivity index (χ0n) is 13.5. The van der Waals surface area contributed by atoms with Crippen molar-refractivity contribution in [3.8, 4) is 0 Å². The minimum absolute atomic E-state index is 0.165. The fourth-order valence-electron chi connectivity index (χ4n) is 2.54. The Hall–Kier alpha value is -3.07. The van der Waals surface area contributed by atoms with Gasteiger partial charge in [-0.2, -0.15) is 0 Å². The van der Waals surface area contributed by atoms with Crippen molar-refractivity contribution in [3.63, 3.8) is 0 Å². The number of carbonyl (C=O) groups excluding carboxylic acids is 1. The quantitative estimate of drug-likeness (QED) is 0.704. The number of benzene rings is 2. The molecular formula is C21H19NO2. The highest BCUT2D eigenvalue weighted by Gasteiger charge is 2.15. The lowest BCUT2D eigenvalue weighted by atomic mass is 9.99. The Morgan fingerprint density at radius 1 is 0.917 bits per heavy atom. The molecule has 0 bridgehead atoms. The third-order valence-corrected chi connectivity index (χ3v) is 3.71. The molecule has 0 unspecified atom stereocenters. The summed E-state index contributed by atoms with van der Waals surface area (Å²) in [4.78, 5) is 12.3. The van der Waals surface area contributed by atoms with E-state index in [2.05, 4.69) is 5.32 Å². The second-order valence-corrected chi connectivity index (χ2v) is 5.54. The predicted molar refractivity (Wildman–Crippen MR) is 95.3 cm³/mol. The summed E-state index contributed by atoms with van der Waals surface area (Å²) in [5, 5.41) is 3.06. The van der Waals surface area contributed by atoms with Crippen LogP contribution in [0.4, 0.5) is 0 Å². The van der Waals surface area contributed by atoms with Gasteiger partial charge in [-0.25, -0.2) is 0 Å². The summed E-state index contributed by atoms with van der Waals surface area (Å²) in [5.74, 6) is 1.32. The summed E-state index contributed by atoms with van der Waals surface area (Å²) in [6.45, 7) is 1.87. The first-order chi connectivity index (χ1) is 11.7. The third-order valence-electron chi connectivity index (χ3n) is 3.71. The fourth-order valence-corrected chi connectivity index (χ4v) is 2.54. The molecule has 0 radical (unpaired) electrons. The molecule has 0 fully saturated rings. The number of aryl methyl sites for hydroxylation is 1. The van der Waals surface area contributed by atoms with E-state index in [1.54, 1.807) is 6.08 Å². The number of furan rings is 1. The molecule has 1 amide bonds. The summed E-state index contributed by atoms with van der Waals surface area (Å²) in [5.41, 5.74) is 2.08. The molecule has 0 aliphatic heterocycles. The van der Waals surface area contributed by atoms with Crippen molar-refractivity contribution in [2.75, 3.05) is 0 Å². The lowest BCUT2D eigenvalue weighted by Crippen LogP contribution is -2.27. The lowest BCUT2D eigenvalue weighted by molar-refractivity contribution is -0.116. The number of nitrogens with one attached hydrogen (secondary N) is 1. The summed E-state index contributed by atoms with van der Waals surface area (Å²) >= 11 is 0. The molecule has 3 aromatic rings. The molecule has 0 aliphatic carbocycles. The summed E-state index contributed by atoms with van der Waals surface area (Å²) in [7, 11) is 0. The van der Waals surface area contributed by atoms with Crippen LogP contribution in [0.15, 0.2) is 83.3 Å². The maximum atomic E-state index is 12.3. The molecule has 0 atom stereocenters. The maximum absolute atomic E-state index is 12.3. The molecule has 3 rings (SSSR count). The Bertz CT molecular complexity index is 780. The molecule has 1 heterocycles. The lowest BCUT2D eigenvalue weighted by Gasteiger charge is -2.19. The minimum Gasteiger partial charge on any atom is -0.462 e. The van der Waals surface area contributed by atoms with Crippen molar-refractivity contribution in [3.05, 3.63) is 102 Å². The molecule has 3 heteroatoms. The van der Waals surface area contributed by atoms with E-state index < -0.39 is 0 Å². The minimum atomic E-state index is -0.192. The van der Waals surface area contributed by atoms with E-state index in [1.807, 2.05) is 79.7 Å². The van der Waals surface area contributed by atoms with Crippen LogP contribution in [0.2, 0.25) is 0 Å². The Morgan fingerprint density at radius 2 is 1.50 bits per heavy atom. The van der Waals surface area contributed by atoms with Gasteiger partial charge in [-0.05, 0) is 36.3 Å². The van der Waals surface area contributed by atoms with E-state index in [0.29, 0.717) is 5.76 Å².